The quantitative estimate of drug-likeness (QED) is 0.621. The van der Waals surface area contributed by atoms with Gasteiger partial charge in [-0.1, -0.05) is 28.9 Å². The van der Waals surface area contributed by atoms with Crippen molar-refractivity contribution in [3.05, 3.63) is 28.4 Å². The highest BCUT2D eigenvalue weighted by Gasteiger charge is 2.38. The van der Waals surface area contributed by atoms with Crippen molar-refractivity contribution >= 4 is 29.0 Å². The topological polar surface area (TPSA) is 76.6 Å². The zero-order valence-electron chi connectivity index (χ0n) is 12.8. The molecule has 0 amide bonds. The molecule has 122 valence electrons. The molecule has 0 atom stereocenters. The van der Waals surface area contributed by atoms with Gasteiger partial charge < -0.3 is 15.0 Å². The van der Waals surface area contributed by atoms with E-state index in [9.17, 15) is 10.1 Å². The molecule has 1 aliphatic heterocycles. The second-order valence-electron chi connectivity index (χ2n) is 6.35. The van der Waals surface area contributed by atoms with E-state index in [0.29, 0.717) is 10.4 Å². The lowest BCUT2D eigenvalue weighted by Gasteiger charge is -2.44. The molecule has 2 aromatic rings. The van der Waals surface area contributed by atoms with E-state index in [1.807, 2.05) is 12.1 Å². The first-order chi connectivity index (χ1) is 11.2. The first-order valence-corrected chi connectivity index (χ1v) is 9.04. The van der Waals surface area contributed by atoms with Gasteiger partial charge in [-0.3, -0.25) is 0 Å². The molecule has 2 aliphatic rings. The van der Waals surface area contributed by atoms with Gasteiger partial charge in [0.25, 0.3) is 0 Å². The average molecular weight is 333 g/mol. The second kappa shape index (κ2) is 5.67. The highest BCUT2D eigenvalue weighted by Crippen LogP contribution is 2.43. The summed E-state index contributed by atoms with van der Waals surface area (Å²) >= 11 is 2.10. The summed E-state index contributed by atoms with van der Waals surface area (Å²) in [4.78, 5) is 17.0. The molecule has 2 fully saturated rings. The monoisotopic (exact) mass is 333 g/mol. The van der Waals surface area contributed by atoms with Crippen LogP contribution in [-0.2, 0) is 0 Å². The summed E-state index contributed by atoms with van der Waals surface area (Å²) in [6.45, 7) is 1.92. The summed E-state index contributed by atoms with van der Waals surface area (Å²) in [6.07, 6.45) is 7.75. The van der Waals surface area contributed by atoms with E-state index in [4.69, 9.17) is 0 Å². The Morgan fingerprint density at radius 3 is 2.87 bits per heavy atom. The normalized spacial score (nSPS) is 21.0. The Labute approximate surface area is 138 Å². The Morgan fingerprint density at radius 1 is 1.26 bits per heavy atom. The lowest BCUT2D eigenvalue weighted by Crippen LogP contribution is -2.48. The smallest absolute Gasteiger partial charge is 0.358 e. The maximum atomic E-state index is 11.1. The third-order valence-corrected chi connectivity index (χ3v) is 6.39. The molecule has 8 heteroatoms. The van der Waals surface area contributed by atoms with Gasteiger partial charge in [0, 0.05) is 29.7 Å². The van der Waals surface area contributed by atoms with Crippen molar-refractivity contribution in [2.24, 2.45) is 0 Å². The molecule has 1 saturated heterocycles. The largest absolute Gasteiger partial charge is 0.368 e. The Bertz CT molecular complexity index is 735. The van der Waals surface area contributed by atoms with Crippen LogP contribution in [0.4, 0.5) is 11.6 Å². The molecule has 0 aromatic carbocycles. The van der Waals surface area contributed by atoms with Crippen LogP contribution in [0.25, 0.3) is 5.65 Å². The summed E-state index contributed by atoms with van der Waals surface area (Å²) in [5.41, 5.74) is 0.513. The van der Waals surface area contributed by atoms with Gasteiger partial charge in [0.2, 0.25) is 5.65 Å². The molecular weight excluding hydrogens is 314 g/mol. The molecule has 0 N–H and O–H groups in total. The predicted molar refractivity (Wildman–Crippen MR) is 90.1 cm³/mol. The van der Waals surface area contributed by atoms with Gasteiger partial charge in [-0.25, -0.2) is 4.98 Å². The van der Waals surface area contributed by atoms with Crippen molar-refractivity contribution in [2.75, 3.05) is 23.7 Å². The molecule has 4 rings (SSSR count). The van der Waals surface area contributed by atoms with E-state index in [0.717, 1.165) is 24.7 Å². The molecule has 23 heavy (non-hydrogen) atoms. The summed E-state index contributed by atoms with van der Waals surface area (Å²) < 4.78 is 1.68. The molecule has 0 bridgehead atoms. The Hall–Kier alpha value is -1.83. The van der Waals surface area contributed by atoms with E-state index >= 15 is 0 Å². The van der Waals surface area contributed by atoms with Crippen molar-refractivity contribution in [1.29, 1.82) is 0 Å². The standard InChI is InChI=1S/C15H19N5O2S/c21-20(22)14-10-16-12-4-5-13(17-19(12)14)18-8-9-23-15(11-18)6-2-1-3-7-15/h4-5,10H,1-3,6-9,11H2. The average Bonchev–Trinajstić information content (AvgIpc) is 2.99. The summed E-state index contributed by atoms with van der Waals surface area (Å²) in [7, 11) is 0. The lowest BCUT2D eigenvalue weighted by atomic mass is 9.87. The molecule has 1 aliphatic carbocycles. The number of aromatic nitrogens is 3. The third-order valence-electron chi connectivity index (χ3n) is 4.85. The fourth-order valence-electron chi connectivity index (χ4n) is 3.68. The fourth-order valence-corrected chi connectivity index (χ4v) is 5.25. The molecule has 1 saturated carbocycles. The van der Waals surface area contributed by atoms with Crippen LogP contribution in [0.5, 0.6) is 0 Å². The van der Waals surface area contributed by atoms with E-state index < -0.39 is 4.92 Å². The van der Waals surface area contributed by atoms with Crippen molar-refractivity contribution in [3.8, 4) is 0 Å². The lowest BCUT2D eigenvalue weighted by molar-refractivity contribution is -0.391. The summed E-state index contributed by atoms with van der Waals surface area (Å²) in [5, 5.41) is 15.6. The Balaban J connectivity index is 1.65. The highest BCUT2D eigenvalue weighted by molar-refractivity contribution is 8.00. The van der Waals surface area contributed by atoms with Crippen LogP contribution in [0.3, 0.4) is 0 Å². The van der Waals surface area contributed by atoms with Gasteiger partial charge in [-0.05, 0) is 23.8 Å². The molecule has 0 radical (unpaired) electrons. The molecule has 3 heterocycles. The van der Waals surface area contributed by atoms with Crippen molar-refractivity contribution in [3.63, 3.8) is 0 Å². The van der Waals surface area contributed by atoms with Gasteiger partial charge in [-0.15, -0.1) is 0 Å². The van der Waals surface area contributed by atoms with Crippen LogP contribution in [-0.4, -0.2) is 43.1 Å². The van der Waals surface area contributed by atoms with Crippen LogP contribution in [0.2, 0.25) is 0 Å². The van der Waals surface area contributed by atoms with Crippen molar-refractivity contribution < 1.29 is 4.92 Å². The number of rotatable bonds is 2. The van der Waals surface area contributed by atoms with Gasteiger partial charge in [0.05, 0.1) is 0 Å². The first-order valence-electron chi connectivity index (χ1n) is 8.05. The first kappa shape index (κ1) is 14.7. The van der Waals surface area contributed by atoms with Gasteiger partial charge in [0.1, 0.15) is 6.20 Å². The number of hydrogen-bond donors (Lipinski definition) is 0. The maximum Gasteiger partial charge on any atom is 0.368 e. The molecule has 0 unspecified atom stereocenters. The van der Waals surface area contributed by atoms with E-state index in [-0.39, 0.29) is 5.82 Å². The number of nitrogens with zero attached hydrogens (tertiary/aromatic N) is 5. The molecule has 2 aromatic heterocycles. The number of fused-ring (bicyclic) bond motifs is 1. The van der Waals surface area contributed by atoms with E-state index in [1.165, 1.54) is 42.8 Å². The van der Waals surface area contributed by atoms with Gasteiger partial charge in [0.15, 0.2) is 5.82 Å². The van der Waals surface area contributed by atoms with Crippen LogP contribution < -0.4 is 4.90 Å². The van der Waals surface area contributed by atoms with Gasteiger partial charge in [-0.2, -0.15) is 11.8 Å². The molecule has 1 spiro atoms. The SMILES string of the molecule is O=[N+]([O-])c1cnc2ccc(N3CCSC4(CCCCC4)C3)nn12. The van der Waals surface area contributed by atoms with Gasteiger partial charge >= 0.3 is 5.82 Å². The van der Waals surface area contributed by atoms with Crippen LogP contribution in [0.1, 0.15) is 32.1 Å². The Morgan fingerprint density at radius 2 is 2.09 bits per heavy atom. The number of imidazole rings is 1. The number of nitro groups is 1. The van der Waals surface area contributed by atoms with E-state index in [2.05, 4.69) is 26.7 Å². The fraction of sp³-hybridized carbons (Fsp3) is 0.600. The zero-order chi connectivity index (χ0) is 15.9. The summed E-state index contributed by atoms with van der Waals surface area (Å²) in [6, 6.07) is 3.74. The maximum absolute atomic E-state index is 11.1. The predicted octanol–water partition coefficient (Wildman–Crippen LogP) is 2.89. The van der Waals surface area contributed by atoms with Crippen LogP contribution in [0, 0.1) is 10.1 Å². The van der Waals surface area contributed by atoms with Crippen LogP contribution >= 0.6 is 11.8 Å². The number of hydrogen-bond acceptors (Lipinski definition) is 6. The number of anilines is 1. The molecule has 7 nitrogen and oxygen atoms in total. The highest BCUT2D eigenvalue weighted by atomic mass is 32.2. The zero-order valence-corrected chi connectivity index (χ0v) is 13.7. The van der Waals surface area contributed by atoms with E-state index in [1.54, 1.807) is 0 Å². The number of thioether (sulfide) groups is 1. The minimum atomic E-state index is -0.439. The second-order valence-corrected chi connectivity index (χ2v) is 7.91. The summed E-state index contributed by atoms with van der Waals surface area (Å²) in [5.74, 6) is 1.82. The molecular formula is C15H19N5O2S. The van der Waals surface area contributed by atoms with Crippen molar-refractivity contribution in [2.45, 2.75) is 36.9 Å². The van der Waals surface area contributed by atoms with Crippen molar-refractivity contribution in [1.82, 2.24) is 14.6 Å². The van der Waals surface area contributed by atoms with Crippen LogP contribution in [0.15, 0.2) is 18.3 Å². The third kappa shape index (κ3) is 2.65. The Kier molecular flexibility index (Phi) is 3.63. The minimum absolute atomic E-state index is 0.0828. The minimum Gasteiger partial charge on any atom is -0.358 e.